The van der Waals surface area contributed by atoms with E-state index in [1.165, 1.54) is 11.1 Å². The second-order valence-corrected chi connectivity index (χ2v) is 8.80. The van der Waals surface area contributed by atoms with Crippen LogP contribution in [0, 0.1) is 18.8 Å². The van der Waals surface area contributed by atoms with Crippen LogP contribution in [-0.2, 0) is 6.42 Å². The molecule has 0 spiro atoms. The van der Waals surface area contributed by atoms with Gasteiger partial charge in [0.25, 0.3) is 0 Å². The van der Waals surface area contributed by atoms with Crippen LogP contribution in [0.4, 0.5) is 0 Å². The summed E-state index contributed by atoms with van der Waals surface area (Å²) in [6.45, 7) is 9.56. The van der Waals surface area contributed by atoms with Gasteiger partial charge in [-0.3, -0.25) is 4.79 Å². The zero-order valence-corrected chi connectivity index (χ0v) is 18.1. The minimum absolute atomic E-state index is 0.0694. The second-order valence-electron chi connectivity index (χ2n) is 8.42. The zero-order chi connectivity index (χ0) is 21.2. The van der Waals surface area contributed by atoms with Gasteiger partial charge < -0.3 is 15.3 Å². The number of hydrogen-bond acceptors (Lipinski definition) is 4. The van der Waals surface area contributed by atoms with Crippen LogP contribution in [0.2, 0.25) is 5.02 Å². The number of carbonyl (C=O) groups is 1. The molecule has 1 aromatic rings. The number of benzene rings is 1. The Morgan fingerprint density at radius 3 is 2.43 bits per heavy atom. The van der Waals surface area contributed by atoms with Crippen molar-refractivity contribution in [2.45, 2.75) is 65.9 Å². The average Bonchev–Trinajstić information content (AvgIpc) is 2.91. The Bertz CT molecular complexity index is 817. The summed E-state index contributed by atoms with van der Waals surface area (Å²) in [6.07, 6.45) is 7.42. The molecule has 154 valence electrons. The van der Waals surface area contributed by atoms with Gasteiger partial charge in [-0.25, -0.2) is 0 Å². The van der Waals surface area contributed by atoms with Crippen LogP contribution in [0.15, 0.2) is 23.3 Å². The van der Waals surface area contributed by atoms with Crippen molar-refractivity contribution in [2.75, 3.05) is 0 Å². The van der Waals surface area contributed by atoms with E-state index >= 15 is 0 Å². The van der Waals surface area contributed by atoms with Crippen LogP contribution >= 0.6 is 11.6 Å². The molecule has 2 rings (SSSR count). The maximum atomic E-state index is 11.4. The fourth-order valence-corrected chi connectivity index (χ4v) is 4.46. The Morgan fingerprint density at radius 2 is 1.86 bits per heavy atom. The summed E-state index contributed by atoms with van der Waals surface area (Å²) >= 11 is 6.19. The number of phenolic OH excluding ortho intramolecular Hbond substituents is 2. The molecule has 1 aliphatic rings. The summed E-state index contributed by atoms with van der Waals surface area (Å²) < 4.78 is 0. The van der Waals surface area contributed by atoms with Crippen molar-refractivity contribution in [3.63, 3.8) is 0 Å². The van der Waals surface area contributed by atoms with Crippen molar-refractivity contribution in [3.8, 4) is 11.5 Å². The number of hydrogen-bond donors (Lipinski definition) is 3. The summed E-state index contributed by atoms with van der Waals surface area (Å²) in [7, 11) is 0. The molecule has 28 heavy (non-hydrogen) atoms. The predicted octanol–water partition coefficient (Wildman–Crippen LogP) is 5.49. The van der Waals surface area contributed by atoms with Crippen LogP contribution in [0.5, 0.6) is 11.5 Å². The van der Waals surface area contributed by atoms with Crippen molar-refractivity contribution in [1.29, 1.82) is 0 Å². The van der Waals surface area contributed by atoms with Crippen LogP contribution in [-0.4, -0.2) is 27.2 Å². The molecule has 0 aliphatic heterocycles. The van der Waals surface area contributed by atoms with E-state index in [1.54, 1.807) is 13.8 Å². The highest BCUT2D eigenvalue weighted by Crippen LogP contribution is 2.49. The highest BCUT2D eigenvalue weighted by Gasteiger charge is 2.45. The number of aldehydes is 1. The minimum atomic E-state index is -0.937. The first-order valence-electron chi connectivity index (χ1n) is 9.71. The quantitative estimate of drug-likeness (QED) is 0.431. The molecular formula is C23H31ClO4. The summed E-state index contributed by atoms with van der Waals surface area (Å²) in [6, 6.07) is 0. The highest BCUT2D eigenvalue weighted by atomic mass is 35.5. The van der Waals surface area contributed by atoms with Crippen molar-refractivity contribution < 1.29 is 20.1 Å². The summed E-state index contributed by atoms with van der Waals surface area (Å²) in [5.74, 6) is -0.540. The van der Waals surface area contributed by atoms with E-state index in [9.17, 15) is 20.1 Å². The molecule has 3 atom stereocenters. The Balaban J connectivity index is 2.43. The van der Waals surface area contributed by atoms with E-state index in [1.807, 2.05) is 0 Å². The first-order chi connectivity index (χ1) is 13.0. The zero-order valence-electron chi connectivity index (χ0n) is 17.3. The molecule has 0 radical (unpaired) electrons. The molecule has 3 N–H and O–H groups in total. The van der Waals surface area contributed by atoms with Gasteiger partial charge in [-0.2, -0.15) is 0 Å². The van der Waals surface area contributed by atoms with Crippen LogP contribution < -0.4 is 0 Å². The molecule has 0 amide bonds. The van der Waals surface area contributed by atoms with E-state index in [0.717, 1.165) is 12.8 Å². The van der Waals surface area contributed by atoms with E-state index in [-0.39, 0.29) is 45.9 Å². The van der Waals surface area contributed by atoms with Gasteiger partial charge in [-0.15, -0.1) is 0 Å². The summed E-state index contributed by atoms with van der Waals surface area (Å²) in [4.78, 5) is 11.4. The lowest BCUT2D eigenvalue weighted by atomic mass is 9.78. The molecular weight excluding hydrogens is 376 g/mol. The van der Waals surface area contributed by atoms with Crippen molar-refractivity contribution in [3.05, 3.63) is 45.0 Å². The molecule has 0 aromatic heterocycles. The Morgan fingerprint density at radius 1 is 1.21 bits per heavy atom. The third kappa shape index (κ3) is 4.44. The first-order valence-corrected chi connectivity index (χ1v) is 10.1. The third-order valence-corrected chi connectivity index (χ3v) is 6.57. The molecule has 0 saturated heterocycles. The van der Waals surface area contributed by atoms with Gasteiger partial charge in [0.05, 0.1) is 16.2 Å². The van der Waals surface area contributed by atoms with Gasteiger partial charge in [0.2, 0.25) is 0 Å². The monoisotopic (exact) mass is 406 g/mol. The predicted molar refractivity (Wildman–Crippen MR) is 113 cm³/mol. The molecule has 0 bridgehead atoms. The van der Waals surface area contributed by atoms with E-state index < -0.39 is 5.60 Å². The molecule has 1 aliphatic carbocycles. The van der Waals surface area contributed by atoms with Crippen LogP contribution in [0.3, 0.4) is 0 Å². The van der Waals surface area contributed by atoms with Crippen LogP contribution in [0.25, 0.3) is 0 Å². The Labute approximate surface area is 172 Å². The van der Waals surface area contributed by atoms with Gasteiger partial charge in [-0.05, 0) is 77.7 Å². The van der Waals surface area contributed by atoms with Gasteiger partial charge in [-0.1, -0.05) is 34.9 Å². The minimum Gasteiger partial charge on any atom is -0.507 e. The standard InChI is InChI=1S/C23H31ClO4/c1-13(2)7-6-8-14(3)16-9-10-23(5,28)19(16)11-17-21(26)18(12-25)15(4)20(24)22(17)27/h7-8,12,16,19,26-28H,6,9-11H2,1-5H3. The fraction of sp³-hybridized carbons (Fsp3) is 0.522. The van der Waals surface area contributed by atoms with Gasteiger partial charge in [0.1, 0.15) is 11.5 Å². The number of allylic oxidation sites excluding steroid dienone is 4. The van der Waals surface area contributed by atoms with E-state index in [4.69, 9.17) is 11.6 Å². The molecule has 0 heterocycles. The van der Waals surface area contributed by atoms with Gasteiger partial charge in [0.15, 0.2) is 6.29 Å². The lowest BCUT2D eigenvalue weighted by Crippen LogP contribution is -2.34. The van der Waals surface area contributed by atoms with Crippen molar-refractivity contribution in [2.24, 2.45) is 11.8 Å². The maximum Gasteiger partial charge on any atom is 0.154 e. The topological polar surface area (TPSA) is 77.8 Å². The lowest BCUT2D eigenvalue weighted by molar-refractivity contribution is 0.0136. The summed E-state index contributed by atoms with van der Waals surface area (Å²) in [5.41, 5.74) is 2.17. The van der Waals surface area contributed by atoms with Crippen molar-refractivity contribution >= 4 is 17.9 Å². The maximum absolute atomic E-state index is 11.4. The molecule has 3 unspecified atom stereocenters. The second kappa shape index (κ2) is 8.71. The molecule has 4 nitrogen and oxygen atoms in total. The number of carbonyl (C=O) groups excluding carboxylic acids is 1. The van der Waals surface area contributed by atoms with Gasteiger partial charge in [0, 0.05) is 5.56 Å². The smallest absolute Gasteiger partial charge is 0.154 e. The van der Waals surface area contributed by atoms with Gasteiger partial charge >= 0.3 is 0 Å². The van der Waals surface area contributed by atoms with E-state index in [2.05, 4.69) is 32.9 Å². The number of aliphatic hydroxyl groups is 1. The number of phenols is 2. The number of rotatable bonds is 6. The SMILES string of the molecule is CC(C)=CCC=C(C)C1CCC(C)(O)C1Cc1c(O)c(Cl)c(C)c(C=O)c1O. The Hall–Kier alpha value is -1.78. The highest BCUT2D eigenvalue weighted by molar-refractivity contribution is 6.33. The number of halogens is 1. The fourth-order valence-electron chi connectivity index (χ4n) is 4.24. The number of aromatic hydroxyl groups is 2. The Kier molecular flexibility index (Phi) is 7.00. The van der Waals surface area contributed by atoms with Crippen LogP contribution in [0.1, 0.15) is 68.4 Å². The molecule has 5 heteroatoms. The average molecular weight is 407 g/mol. The van der Waals surface area contributed by atoms with E-state index in [0.29, 0.717) is 18.3 Å². The largest absolute Gasteiger partial charge is 0.507 e. The summed E-state index contributed by atoms with van der Waals surface area (Å²) in [5, 5.41) is 32.1. The lowest BCUT2D eigenvalue weighted by Gasteiger charge is -2.31. The molecule has 1 saturated carbocycles. The normalized spacial score (nSPS) is 25.0. The molecule has 1 fully saturated rings. The first kappa shape index (κ1) is 22.5. The molecule has 1 aromatic carbocycles. The van der Waals surface area contributed by atoms with Crippen molar-refractivity contribution in [1.82, 2.24) is 0 Å². The third-order valence-electron chi connectivity index (χ3n) is 6.11.